The normalized spacial score (nSPS) is 16.5. The van der Waals surface area contributed by atoms with Gasteiger partial charge in [-0.15, -0.1) is 16.4 Å². The van der Waals surface area contributed by atoms with Crippen LogP contribution in [0.1, 0.15) is 53.7 Å². The second-order valence-corrected chi connectivity index (χ2v) is 11.9. The third-order valence-corrected chi connectivity index (χ3v) is 8.27. The van der Waals surface area contributed by atoms with Crippen LogP contribution in [-0.4, -0.2) is 25.9 Å². The van der Waals surface area contributed by atoms with Gasteiger partial charge >= 0.3 is 5.97 Å². The quantitative estimate of drug-likeness (QED) is 0.248. The van der Waals surface area contributed by atoms with Gasteiger partial charge in [-0.05, 0) is 71.0 Å². The number of fused-ring (bicyclic) bond motifs is 3. The van der Waals surface area contributed by atoms with E-state index in [9.17, 15) is 9.59 Å². The third kappa shape index (κ3) is 4.76. The highest BCUT2D eigenvalue weighted by Gasteiger charge is 2.35. The Hall–Kier alpha value is -4.17. The molecule has 0 aliphatic heterocycles. The van der Waals surface area contributed by atoms with Crippen molar-refractivity contribution in [3.63, 3.8) is 0 Å². The van der Waals surface area contributed by atoms with Crippen LogP contribution >= 0.6 is 11.3 Å². The van der Waals surface area contributed by atoms with E-state index in [-0.39, 0.29) is 17.7 Å². The summed E-state index contributed by atoms with van der Waals surface area (Å²) in [6, 6.07) is 18.8. The largest absolute Gasteiger partial charge is 0.439 e. The molecule has 196 valence electrons. The number of ether oxygens (including phenoxy) is 1. The van der Waals surface area contributed by atoms with Crippen molar-refractivity contribution in [2.45, 2.75) is 40.3 Å². The maximum Gasteiger partial charge on any atom is 0.340 e. The van der Waals surface area contributed by atoms with Gasteiger partial charge in [0.15, 0.2) is 6.73 Å². The van der Waals surface area contributed by atoms with Crippen molar-refractivity contribution in [2.24, 2.45) is 11.3 Å². The van der Waals surface area contributed by atoms with E-state index in [1.807, 2.05) is 30.3 Å². The maximum absolute atomic E-state index is 13.8. The van der Waals surface area contributed by atoms with E-state index in [4.69, 9.17) is 9.72 Å². The number of esters is 1. The van der Waals surface area contributed by atoms with Crippen LogP contribution in [0, 0.1) is 11.3 Å². The molecular weight excluding hydrogens is 508 g/mol. The van der Waals surface area contributed by atoms with Crippen LogP contribution in [-0.2, 0) is 17.9 Å². The first-order valence-electron chi connectivity index (χ1n) is 13.0. The van der Waals surface area contributed by atoms with E-state index in [1.165, 1.54) is 0 Å². The lowest BCUT2D eigenvalue weighted by Crippen LogP contribution is -2.29. The molecule has 39 heavy (non-hydrogen) atoms. The Morgan fingerprint density at radius 2 is 1.77 bits per heavy atom. The van der Waals surface area contributed by atoms with Crippen molar-refractivity contribution in [1.29, 1.82) is 0 Å². The SMILES string of the molecule is CC(C)(C)C1CC(=Cc2cccs2)c2nc3ccccc3c(C(=O)OCn3nnc4ccccc4c3=O)c2C1. The molecule has 6 rings (SSSR count). The van der Waals surface area contributed by atoms with Crippen molar-refractivity contribution in [1.82, 2.24) is 20.0 Å². The number of para-hydroxylation sites is 1. The fourth-order valence-electron chi connectivity index (χ4n) is 5.21. The zero-order valence-corrected chi connectivity index (χ0v) is 22.9. The van der Waals surface area contributed by atoms with Gasteiger partial charge in [0.2, 0.25) is 0 Å². The molecular formula is C31H28N4O3S. The summed E-state index contributed by atoms with van der Waals surface area (Å²) in [5.74, 6) is -0.198. The molecule has 0 bridgehead atoms. The molecule has 2 aromatic carbocycles. The van der Waals surface area contributed by atoms with E-state index in [2.05, 4.69) is 48.6 Å². The minimum absolute atomic E-state index is 0.0209. The molecule has 0 N–H and O–H groups in total. The van der Waals surface area contributed by atoms with E-state index in [0.717, 1.165) is 43.7 Å². The Balaban J connectivity index is 1.45. The molecule has 1 aliphatic rings. The van der Waals surface area contributed by atoms with Crippen LogP contribution < -0.4 is 5.56 Å². The molecule has 0 spiro atoms. The molecule has 0 saturated carbocycles. The van der Waals surface area contributed by atoms with Gasteiger partial charge in [-0.1, -0.05) is 62.4 Å². The molecule has 0 saturated heterocycles. The Morgan fingerprint density at radius 3 is 2.51 bits per heavy atom. The second kappa shape index (κ2) is 9.85. The summed E-state index contributed by atoms with van der Waals surface area (Å²) < 4.78 is 6.84. The Kier molecular flexibility index (Phi) is 6.35. The second-order valence-electron chi connectivity index (χ2n) is 11.0. The monoisotopic (exact) mass is 536 g/mol. The van der Waals surface area contributed by atoms with Gasteiger partial charge in [-0.25, -0.2) is 9.78 Å². The average molecular weight is 537 g/mol. The topological polar surface area (TPSA) is 87.0 Å². The van der Waals surface area contributed by atoms with Crippen LogP contribution in [0.4, 0.5) is 0 Å². The number of aromatic nitrogens is 4. The average Bonchev–Trinajstić information content (AvgIpc) is 3.44. The number of pyridine rings is 1. The predicted octanol–water partition coefficient (Wildman–Crippen LogP) is 6.36. The van der Waals surface area contributed by atoms with Gasteiger partial charge < -0.3 is 4.74 Å². The van der Waals surface area contributed by atoms with Crippen LogP contribution in [0.25, 0.3) is 33.5 Å². The number of thiophene rings is 1. The van der Waals surface area contributed by atoms with Crippen molar-refractivity contribution < 1.29 is 9.53 Å². The fourth-order valence-corrected chi connectivity index (χ4v) is 5.90. The third-order valence-electron chi connectivity index (χ3n) is 7.45. The number of allylic oxidation sites excluding steroid dienone is 1. The zero-order valence-electron chi connectivity index (χ0n) is 22.0. The Morgan fingerprint density at radius 1 is 1.03 bits per heavy atom. The molecule has 8 heteroatoms. The zero-order chi connectivity index (χ0) is 27.1. The van der Waals surface area contributed by atoms with Crippen LogP contribution in [0.15, 0.2) is 70.8 Å². The molecule has 0 fully saturated rings. The van der Waals surface area contributed by atoms with E-state index in [0.29, 0.717) is 28.8 Å². The van der Waals surface area contributed by atoms with Crippen molar-refractivity contribution in [3.8, 4) is 0 Å². The summed E-state index contributed by atoms with van der Waals surface area (Å²) in [5.41, 5.74) is 4.26. The summed E-state index contributed by atoms with van der Waals surface area (Å²) in [7, 11) is 0. The Bertz CT molecular complexity index is 1800. The van der Waals surface area contributed by atoms with Crippen LogP contribution in [0.2, 0.25) is 0 Å². The number of nitrogens with zero attached hydrogens (tertiary/aromatic N) is 4. The molecule has 1 unspecified atom stereocenters. The van der Waals surface area contributed by atoms with Crippen molar-refractivity contribution >= 4 is 50.8 Å². The lowest BCUT2D eigenvalue weighted by Gasteiger charge is -2.36. The summed E-state index contributed by atoms with van der Waals surface area (Å²) in [6.07, 6.45) is 3.78. The molecule has 1 atom stereocenters. The predicted molar refractivity (Wildman–Crippen MR) is 154 cm³/mol. The summed E-state index contributed by atoms with van der Waals surface area (Å²) >= 11 is 1.68. The molecule has 1 aliphatic carbocycles. The minimum atomic E-state index is -0.503. The van der Waals surface area contributed by atoms with Gasteiger partial charge in [-0.3, -0.25) is 4.79 Å². The van der Waals surface area contributed by atoms with Gasteiger partial charge in [0.05, 0.1) is 22.2 Å². The number of hydrogen-bond acceptors (Lipinski definition) is 7. The molecule has 3 aromatic heterocycles. The first-order valence-corrected chi connectivity index (χ1v) is 13.8. The van der Waals surface area contributed by atoms with E-state index < -0.39 is 5.97 Å². The number of carbonyl (C=O) groups is 1. The first kappa shape index (κ1) is 25.1. The standard InChI is InChI=1S/C31H28N4O3S/c1-31(2,3)20-15-19(16-21-9-8-14-39-21)28-24(17-20)27(22-10-4-6-12-25(22)32-28)30(37)38-18-35-29(36)23-11-5-7-13-26(23)33-34-35/h4-14,16,20H,15,17-18H2,1-3H3. The lowest BCUT2D eigenvalue weighted by atomic mass is 9.69. The highest BCUT2D eigenvalue weighted by atomic mass is 32.1. The molecule has 0 radical (unpaired) electrons. The fraction of sp³-hybridized carbons (Fsp3) is 0.258. The molecule has 3 heterocycles. The minimum Gasteiger partial charge on any atom is -0.439 e. The van der Waals surface area contributed by atoms with Gasteiger partial charge in [0.25, 0.3) is 5.56 Å². The summed E-state index contributed by atoms with van der Waals surface area (Å²) in [4.78, 5) is 33.0. The molecule has 7 nitrogen and oxygen atoms in total. The van der Waals surface area contributed by atoms with Crippen LogP contribution in [0.3, 0.4) is 0 Å². The lowest BCUT2D eigenvalue weighted by molar-refractivity contribution is 0.0336. The Labute approximate surface area is 229 Å². The maximum atomic E-state index is 13.8. The smallest absolute Gasteiger partial charge is 0.340 e. The van der Waals surface area contributed by atoms with Crippen molar-refractivity contribution in [3.05, 3.63) is 98.1 Å². The summed E-state index contributed by atoms with van der Waals surface area (Å²) in [6.45, 7) is 6.38. The van der Waals surface area contributed by atoms with E-state index in [1.54, 1.807) is 35.6 Å². The van der Waals surface area contributed by atoms with Crippen LogP contribution in [0.5, 0.6) is 0 Å². The number of hydrogen-bond donors (Lipinski definition) is 0. The number of benzene rings is 2. The van der Waals surface area contributed by atoms with Crippen molar-refractivity contribution in [2.75, 3.05) is 0 Å². The highest BCUT2D eigenvalue weighted by Crippen LogP contribution is 2.45. The van der Waals surface area contributed by atoms with E-state index >= 15 is 0 Å². The van der Waals surface area contributed by atoms with Gasteiger partial charge in [0.1, 0.15) is 5.52 Å². The number of rotatable bonds is 4. The summed E-state index contributed by atoms with van der Waals surface area (Å²) in [5, 5.41) is 11.3. The highest BCUT2D eigenvalue weighted by molar-refractivity contribution is 7.10. The molecule has 0 amide bonds. The van der Waals surface area contributed by atoms with Gasteiger partial charge in [-0.2, -0.15) is 4.68 Å². The number of carbonyl (C=O) groups excluding carboxylic acids is 1. The van der Waals surface area contributed by atoms with Gasteiger partial charge in [0, 0.05) is 10.3 Å². The first-order chi connectivity index (χ1) is 18.8. The molecule has 5 aromatic rings.